The summed E-state index contributed by atoms with van der Waals surface area (Å²) in [7, 11) is 0. The normalized spacial score (nSPS) is 14.6. The molecule has 0 atom stereocenters. The van der Waals surface area contributed by atoms with Gasteiger partial charge in [0.05, 0.1) is 0 Å². The van der Waals surface area contributed by atoms with E-state index in [9.17, 15) is 0 Å². The lowest BCUT2D eigenvalue weighted by Gasteiger charge is -2.30. The molecule has 0 unspecified atom stereocenters. The molecule has 1 aromatic rings. The van der Waals surface area contributed by atoms with E-state index in [-0.39, 0.29) is 0 Å². The number of aromatic nitrogens is 1. The van der Waals surface area contributed by atoms with Gasteiger partial charge in [-0.1, -0.05) is 26.0 Å². The fourth-order valence-corrected chi connectivity index (χ4v) is 2.40. The molecule has 1 aliphatic heterocycles. The Balaban J connectivity index is 2.23. The molecule has 0 aliphatic carbocycles. The van der Waals surface area contributed by atoms with Gasteiger partial charge in [-0.2, -0.15) is 0 Å². The zero-order valence-corrected chi connectivity index (χ0v) is 11.0. The number of anilines is 1. The van der Waals surface area contributed by atoms with Gasteiger partial charge in [0.25, 0.3) is 0 Å². The first-order chi connectivity index (χ1) is 8.22. The maximum atomic E-state index is 4.64. The SMILES string of the molecule is C=C(C)N1CCCc2cc(CCCC)cnc21. The first-order valence-corrected chi connectivity index (χ1v) is 6.63. The van der Waals surface area contributed by atoms with Gasteiger partial charge in [-0.25, -0.2) is 4.98 Å². The second kappa shape index (κ2) is 5.35. The van der Waals surface area contributed by atoms with E-state index >= 15 is 0 Å². The van der Waals surface area contributed by atoms with Gasteiger partial charge in [-0.05, 0) is 43.7 Å². The molecule has 2 rings (SSSR count). The molecule has 2 heterocycles. The van der Waals surface area contributed by atoms with E-state index in [1.165, 1.54) is 30.4 Å². The third-order valence-corrected chi connectivity index (χ3v) is 3.36. The Morgan fingerprint density at radius 2 is 2.35 bits per heavy atom. The Hall–Kier alpha value is -1.31. The molecular formula is C15H22N2. The molecule has 0 N–H and O–H groups in total. The predicted molar refractivity (Wildman–Crippen MR) is 73.3 cm³/mol. The predicted octanol–water partition coefficient (Wildman–Crippen LogP) is 3.71. The fourth-order valence-electron chi connectivity index (χ4n) is 2.40. The van der Waals surface area contributed by atoms with E-state index in [0.29, 0.717) is 0 Å². The summed E-state index contributed by atoms with van der Waals surface area (Å²) in [5.74, 6) is 1.13. The average Bonchev–Trinajstić information content (AvgIpc) is 2.35. The van der Waals surface area contributed by atoms with Crippen LogP contribution in [0, 0.1) is 0 Å². The molecule has 17 heavy (non-hydrogen) atoms. The second-order valence-electron chi connectivity index (χ2n) is 4.92. The van der Waals surface area contributed by atoms with Gasteiger partial charge in [-0.3, -0.25) is 0 Å². The topological polar surface area (TPSA) is 16.1 Å². The van der Waals surface area contributed by atoms with Crippen LogP contribution in [0.5, 0.6) is 0 Å². The van der Waals surface area contributed by atoms with E-state index in [4.69, 9.17) is 0 Å². The van der Waals surface area contributed by atoms with Crippen LogP contribution in [0.3, 0.4) is 0 Å². The van der Waals surface area contributed by atoms with Crippen LogP contribution >= 0.6 is 0 Å². The average molecular weight is 230 g/mol. The highest BCUT2D eigenvalue weighted by Gasteiger charge is 2.18. The molecule has 0 bridgehead atoms. The first kappa shape index (κ1) is 12.2. The highest BCUT2D eigenvalue weighted by molar-refractivity contribution is 5.54. The number of hydrogen-bond acceptors (Lipinski definition) is 2. The van der Waals surface area contributed by atoms with E-state index in [1.54, 1.807) is 0 Å². The molecule has 1 aliphatic rings. The summed E-state index contributed by atoms with van der Waals surface area (Å²) < 4.78 is 0. The number of nitrogens with zero attached hydrogens (tertiary/aromatic N) is 2. The van der Waals surface area contributed by atoms with Crippen LogP contribution in [-0.4, -0.2) is 11.5 Å². The lowest BCUT2D eigenvalue weighted by atomic mass is 10.0. The number of unbranched alkanes of at least 4 members (excludes halogenated alkanes) is 1. The maximum absolute atomic E-state index is 4.64. The Labute approximate surface area is 104 Å². The summed E-state index contributed by atoms with van der Waals surface area (Å²) in [6, 6.07) is 2.34. The quantitative estimate of drug-likeness (QED) is 0.784. The van der Waals surface area contributed by atoms with E-state index in [0.717, 1.165) is 30.9 Å². The fraction of sp³-hybridized carbons (Fsp3) is 0.533. The zero-order chi connectivity index (χ0) is 12.3. The van der Waals surface area contributed by atoms with Gasteiger partial charge in [0.15, 0.2) is 0 Å². The minimum Gasteiger partial charge on any atom is -0.331 e. The van der Waals surface area contributed by atoms with Crippen LogP contribution in [0.15, 0.2) is 24.5 Å². The number of hydrogen-bond donors (Lipinski definition) is 0. The van der Waals surface area contributed by atoms with Gasteiger partial charge in [0.1, 0.15) is 5.82 Å². The van der Waals surface area contributed by atoms with Crippen molar-refractivity contribution in [1.82, 2.24) is 4.98 Å². The molecule has 1 aromatic heterocycles. The van der Waals surface area contributed by atoms with Crippen molar-refractivity contribution in [1.29, 1.82) is 0 Å². The minimum atomic E-state index is 1.06. The number of allylic oxidation sites excluding steroid dienone is 1. The molecule has 0 spiro atoms. The van der Waals surface area contributed by atoms with Gasteiger partial charge >= 0.3 is 0 Å². The third-order valence-electron chi connectivity index (χ3n) is 3.36. The molecule has 0 amide bonds. The van der Waals surface area contributed by atoms with Crippen LogP contribution < -0.4 is 4.90 Å². The van der Waals surface area contributed by atoms with Crippen LogP contribution in [0.4, 0.5) is 5.82 Å². The lowest BCUT2D eigenvalue weighted by Crippen LogP contribution is -2.28. The second-order valence-corrected chi connectivity index (χ2v) is 4.92. The van der Waals surface area contributed by atoms with Crippen LogP contribution in [0.1, 0.15) is 44.2 Å². The van der Waals surface area contributed by atoms with Crippen molar-refractivity contribution < 1.29 is 0 Å². The molecule has 0 aromatic carbocycles. The van der Waals surface area contributed by atoms with Gasteiger partial charge in [0.2, 0.25) is 0 Å². The summed E-state index contributed by atoms with van der Waals surface area (Å²) >= 11 is 0. The summed E-state index contributed by atoms with van der Waals surface area (Å²) in [6.45, 7) is 9.38. The van der Waals surface area contributed by atoms with Crippen molar-refractivity contribution in [2.75, 3.05) is 11.4 Å². The van der Waals surface area contributed by atoms with Crippen LogP contribution in [0.2, 0.25) is 0 Å². The molecule has 2 nitrogen and oxygen atoms in total. The van der Waals surface area contributed by atoms with Crippen molar-refractivity contribution in [3.8, 4) is 0 Å². The summed E-state index contributed by atoms with van der Waals surface area (Å²) in [5, 5.41) is 0. The van der Waals surface area contributed by atoms with Crippen molar-refractivity contribution in [3.05, 3.63) is 35.7 Å². The van der Waals surface area contributed by atoms with Gasteiger partial charge in [0, 0.05) is 18.4 Å². The zero-order valence-electron chi connectivity index (χ0n) is 11.0. The maximum Gasteiger partial charge on any atom is 0.135 e. The van der Waals surface area contributed by atoms with Gasteiger partial charge in [-0.15, -0.1) is 0 Å². The molecular weight excluding hydrogens is 208 g/mol. The molecule has 0 fully saturated rings. The summed E-state index contributed by atoms with van der Waals surface area (Å²) in [4.78, 5) is 6.88. The highest BCUT2D eigenvalue weighted by Crippen LogP contribution is 2.28. The Morgan fingerprint density at radius 1 is 1.53 bits per heavy atom. The third kappa shape index (κ3) is 2.68. The van der Waals surface area contributed by atoms with E-state index in [1.807, 2.05) is 6.20 Å². The number of rotatable bonds is 4. The molecule has 92 valence electrons. The Bertz CT molecular complexity index is 409. The van der Waals surface area contributed by atoms with Crippen LogP contribution in [0.25, 0.3) is 0 Å². The van der Waals surface area contributed by atoms with Gasteiger partial charge < -0.3 is 4.90 Å². The van der Waals surface area contributed by atoms with Crippen LogP contribution in [-0.2, 0) is 12.8 Å². The molecule has 2 heteroatoms. The standard InChI is InChI=1S/C15H22N2/c1-4-5-7-13-10-14-8-6-9-17(12(2)3)15(14)16-11-13/h10-11H,2,4-9H2,1,3H3. The monoisotopic (exact) mass is 230 g/mol. The smallest absolute Gasteiger partial charge is 0.135 e. The number of pyridine rings is 1. The van der Waals surface area contributed by atoms with Crippen molar-refractivity contribution in [2.45, 2.75) is 46.0 Å². The molecule has 0 saturated carbocycles. The summed E-state index contributed by atoms with van der Waals surface area (Å²) in [6.07, 6.45) is 8.06. The molecule has 0 saturated heterocycles. The van der Waals surface area contributed by atoms with E-state index in [2.05, 4.69) is 36.4 Å². The summed E-state index contributed by atoms with van der Waals surface area (Å²) in [5.41, 5.74) is 3.88. The largest absolute Gasteiger partial charge is 0.331 e. The Kier molecular flexibility index (Phi) is 3.82. The number of fused-ring (bicyclic) bond motifs is 1. The first-order valence-electron chi connectivity index (χ1n) is 6.63. The van der Waals surface area contributed by atoms with Crippen molar-refractivity contribution in [3.63, 3.8) is 0 Å². The minimum absolute atomic E-state index is 1.06. The highest BCUT2D eigenvalue weighted by atomic mass is 15.2. The Morgan fingerprint density at radius 3 is 3.06 bits per heavy atom. The number of aryl methyl sites for hydroxylation is 2. The molecule has 0 radical (unpaired) electrons. The van der Waals surface area contributed by atoms with Crippen molar-refractivity contribution >= 4 is 5.82 Å². The van der Waals surface area contributed by atoms with Crippen molar-refractivity contribution in [2.24, 2.45) is 0 Å². The lowest BCUT2D eigenvalue weighted by molar-refractivity contribution is 0.724. The van der Waals surface area contributed by atoms with E-state index < -0.39 is 0 Å².